The van der Waals surface area contributed by atoms with Gasteiger partial charge in [-0.25, -0.2) is 5.43 Å². The van der Waals surface area contributed by atoms with Gasteiger partial charge in [-0.2, -0.15) is 5.10 Å². The first-order valence-electron chi connectivity index (χ1n) is 11.8. The van der Waals surface area contributed by atoms with E-state index in [1.165, 1.54) is 20.4 Å². The molecule has 1 heterocycles. The van der Waals surface area contributed by atoms with Crippen LogP contribution >= 0.6 is 31.9 Å². The Balaban J connectivity index is 1.31. The van der Waals surface area contributed by atoms with Gasteiger partial charge < -0.3 is 24.3 Å². The minimum absolute atomic E-state index is 0.239. The number of nitrogens with one attached hydrogen (secondary N) is 2. The van der Waals surface area contributed by atoms with Gasteiger partial charge in [-0.15, -0.1) is 0 Å². The van der Waals surface area contributed by atoms with Crippen molar-refractivity contribution in [2.45, 2.75) is 0 Å². The molecule has 206 valence electrons. The van der Waals surface area contributed by atoms with E-state index in [1.54, 1.807) is 42.6 Å². The monoisotopic (exact) mass is 670 g/mol. The highest BCUT2D eigenvalue weighted by Gasteiger charge is 2.14. The molecule has 0 spiro atoms. The van der Waals surface area contributed by atoms with Crippen LogP contribution in [0.2, 0.25) is 0 Å². The number of halogens is 2. The Kier molecular flexibility index (Phi) is 9.92. The number of amides is 2. The molecule has 0 saturated carbocycles. The fraction of sp³-hybridized carbons (Fsp3) is 0.143. The van der Waals surface area contributed by atoms with Gasteiger partial charge in [-0.1, -0.05) is 34.1 Å². The SMILES string of the molecule is COc1ccccc1NC(=O)COc1ccc(/C=N/NC(=O)COc2c(Br)cc(Br)c3cccnc23)cc1OC. The Bertz CT molecular complexity index is 1560. The number of para-hydroxylation sites is 2. The Morgan fingerprint density at radius 1 is 0.875 bits per heavy atom. The maximum Gasteiger partial charge on any atom is 0.277 e. The lowest BCUT2D eigenvalue weighted by atomic mass is 10.2. The zero-order chi connectivity index (χ0) is 28.5. The van der Waals surface area contributed by atoms with Crippen LogP contribution in [0, 0.1) is 0 Å². The van der Waals surface area contributed by atoms with E-state index in [0.29, 0.717) is 44.2 Å². The van der Waals surface area contributed by atoms with Crippen molar-refractivity contribution >= 4 is 66.5 Å². The molecule has 12 heteroatoms. The second-order valence-corrected chi connectivity index (χ2v) is 9.81. The van der Waals surface area contributed by atoms with Crippen LogP contribution in [-0.2, 0) is 9.59 Å². The van der Waals surface area contributed by atoms with E-state index in [4.69, 9.17) is 18.9 Å². The number of anilines is 1. The quantitative estimate of drug-likeness (QED) is 0.164. The summed E-state index contributed by atoms with van der Waals surface area (Å²) in [5.74, 6) is 0.942. The third kappa shape index (κ3) is 7.27. The molecule has 0 saturated heterocycles. The fourth-order valence-electron chi connectivity index (χ4n) is 3.59. The highest BCUT2D eigenvalue weighted by Crippen LogP contribution is 2.37. The molecule has 2 N–H and O–H groups in total. The summed E-state index contributed by atoms with van der Waals surface area (Å²) < 4.78 is 23.5. The number of nitrogens with zero attached hydrogens (tertiary/aromatic N) is 2. The molecule has 40 heavy (non-hydrogen) atoms. The lowest BCUT2D eigenvalue weighted by Gasteiger charge is -2.13. The van der Waals surface area contributed by atoms with E-state index in [9.17, 15) is 9.59 Å². The van der Waals surface area contributed by atoms with Gasteiger partial charge in [-0.3, -0.25) is 14.6 Å². The van der Waals surface area contributed by atoms with E-state index in [-0.39, 0.29) is 19.1 Å². The first kappa shape index (κ1) is 28.8. The Morgan fingerprint density at radius 2 is 1.65 bits per heavy atom. The first-order valence-corrected chi connectivity index (χ1v) is 13.4. The van der Waals surface area contributed by atoms with Crippen molar-refractivity contribution in [2.75, 3.05) is 32.8 Å². The summed E-state index contributed by atoms with van der Waals surface area (Å²) in [7, 11) is 3.01. The number of fused-ring (bicyclic) bond motifs is 1. The average Bonchev–Trinajstić information content (AvgIpc) is 2.96. The number of rotatable bonds is 11. The molecule has 0 aliphatic carbocycles. The lowest BCUT2D eigenvalue weighted by molar-refractivity contribution is -0.123. The zero-order valence-corrected chi connectivity index (χ0v) is 24.6. The maximum atomic E-state index is 12.4. The number of hydrogen-bond acceptors (Lipinski definition) is 8. The van der Waals surface area contributed by atoms with Crippen molar-refractivity contribution < 1.29 is 28.5 Å². The Hall–Kier alpha value is -4.16. The van der Waals surface area contributed by atoms with Crippen molar-refractivity contribution in [2.24, 2.45) is 5.10 Å². The molecule has 4 rings (SSSR count). The molecule has 0 radical (unpaired) electrons. The number of ether oxygens (including phenoxy) is 4. The second kappa shape index (κ2) is 13.8. The van der Waals surface area contributed by atoms with E-state index >= 15 is 0 Å². The molecule has 4 aromatic rings. The summed E-state index contributed by atoms with van der Waals surface area (Å²) in [6.45, 7) is -0.506. The standard InChI is InChI=1S/C28H24Br2N4O6/c1-37-22-8-4-3-7-21(22)33-25(35)15-39-23-10-9-17(12-24(23)38-2)14-32-34-26(36)16-40-28-20(30)13-19(29)18-6-5-11-31-27(18)28/h3-14H,15-16H2,1-2H3,(H,33,35)(H,34,36)/b32-14+. The molecular weight excluding hydrogens is 648 g/mol. The Labute approximate surface area is 246 Å². The molecule has 0 unspecified atom stereocenters. The van der Waals surface area contributed by atoms with Gasteiger partial charge in [0.05, 0.1) is 30.6 Å². The minimum Gasteiger partial charge on any atom is -0.495 e. The lowest BCUT2D eigenvalue weighted by Crippen LogP contribution is -2.24. The molecule has 2 amide bonds. The summed E-state index contributed by atoms with van der Waals surface area (Å²) in [5.41, 5.74) is 4.22. The number of methoxy groups -OCH3 is 2. The highest BCUT2D eigenvalue weighted by molar-refractivity contribution is 9.11. The number of aromatic nitrogens is 1. The molecular formula is C28H24Br2N4O6. The van der Waals surface area contributed by atoms with E-state index < -0.39 is 5.91 Å². The van der Waals surface area contributed by atoms with Gasteiger partial charge >= 0.3 is 0 Å². The van der Waals surface area contributed by atoms with Crippen LogP contribution in [0.15, 0.2) is 80.9 Å². The van der Waals surface area contributed by atoms with Gasteiger partial charge in [0.1, 0.15) is 11.3 Å². The molecule has 0 bridgehead atoms. The van der Waals surface area contributed by atoms with Crippen molar-refractivity contribution in [3.05, 3.63) is 81.4 Å². The van der Waals surface area contributed by atoms with Crippen LogP contribution in [0.5, 0.6) is 23.0 Å². The topological polar surface area (TPSA) is 120 Å². The number of benzene rings is 3. The highest BCUT2D eigenvalue weighted by atomic mass is 79.9. The van der Waals surface area contributed by atoms with Crippen LogP contribution in [0.4, 0.5) is 5.69 Å². The van der Waals surface area contributed by atoms with Crippen molar-refractivity contribution in [3.8, 4) is 23.0 Å². The summed E-state index contributed by atoms with van der Waals surface area (Å²) in [6.07, 6.45) is 3.10. The van der Waals surface area contributed by atoms with E-state index in [1.807, 2.05) is 24.3 Å². The van der Waals surface area contributed by atoms with Crippen molar-refractivity contribution in [1.82, 2.24) is 10.4 Å². The van der Waals surface area contributed by atoms with Crippen LogP contribution in [-0.4, -0.2) is 50.4 Å². The molecule has 1 aromatic heterocycles. The number of carbonyl (C=O) groups is 2. The smallest absolute Gasteiger partial charge is 0.277 e. The first-order chi connectivity index (χ1) is 19.4. The number of carbonyl (C=O) groups excluding carboxylic acids is 2. The summed E-state index contributed by atoms with van der Waals surface area (Å²) >= 11 is 6.96. The third-order valence-corrected chi connectivity index (χ3v) is 6.67. The normalized spacial score (nSPS) is 10.8. The van der Waals surface area contributed by atoms with Crippen LogP contribution in [0.25, 0.3) is 10.9 Å². The molecule has 10 nitrogen and oxygen atoms in total. The fourth-order valence-corrected chi connectivity index (χ4v) is 4.98. The number of pyridine rings is 1. The predicted octanol–water partition coefficient (Wildman–Crippen LogP) is 5.32. The Morgan fingerprint density at radius 3 is 2.45 bits per heavy atom. The van der Waals surface area contributed by atoms with Crippen molar-refractivity contribution in [3.63, 3.8) is 0 Å². The van der Waals surface area contributed by atoms with Gasteiger partial charge in [-0.05, 0) is 64.0 Å². The van der Waals surface area contributed by atoms with E-state index in [0.717, 1.165) is 9.86 Å². The number of hydrogen-bond donors (Lipinski definition) is 2. The second-order valence-electron chi connectivity index (χ2n) is 8.10. The zero-order valence-electron chi connectivity index (χ0n) is 21.4. The van der Waals surface area contributed by atoms with Crippen LogP contribution in [0.3, 0.4) is 0 Å². The summed E-state index contributed by atoms with van der Waals surface area (Å²) in [4.78, 5) is 29.0. The molecule has 0 fully saturated rings. The largest absolute Gasteiger partial charge is 0.495 e. The average molecular weight is 672 g/mol. The van der Waals surface area contributed by atoms with Crippen molar-refractivity contribution in [1.29, 1.82) is 0 Å². The van der Waals surface area contributed by atoms with Gasteiger partial charge in [0.15, 0.2) is 30.5 Å². The third-order valence-electron chi connectivity index (χ3n) is 5.43. The predicted molar refractivity (Wildman–Crippen MR) is 158 cm³/mol. The summed E-state index contributed by atoms with van der Waals surface area (Å²) in [6, 6.07) is 17.6. The molecule has 3 aromatic carbocycles. The van der Waals surface area contributed by atoms with Gasteiger partial charge in [0.25, 0.3) is 11.8 Å². The summed E-state index contributed by atoms with van der Waals surface area (Å²) in [5, 5.41) is 7.59. The van der Waals surface area contributed by atoms with Crippen LogP contribution in [0.1, 0.15) is 5.56 Å². The molecule has 0 aliphatic rings. The van der Waals surface area contributed by atoms with E-state index in [2.05, 4.69) is 52.7 Å². The molecule has 0 atom stereocenters. The molecule has 0 aliphatic heterocycles. The minimum atomic E-state index is -0.455. The maximum absolute atomic E-state index is 12.4. The van der Waals surface area contributed by atoms with Crippen LogP contribution < -0.4 is 29.7 Å². The number of hydrazone groups is 1. The van der Waals surface area contributed by atoms with Gasteiger partial charge in [0.2, 0.25) is 0 Å². The van der Waals surface area contributed by atoms with Gasteiger partial charge in [0, 0.05) is 16.1 Å².